The molecule has 2 aliphatic heterocycles. The summed E-state index contributed by atoms with van der Waals surface area (Å²) in [4.78, 5) is 39.0. The van der Waals surface area contributed by atoms with Crippen molar-refractivity contribution in [2.45, 2.75) is 18.6 Å². The zero-order valence-corrected chi connectivity index (χ0v) is 13.8. The number of alkyl halides is 4. The maximum absolute atomic E-state index is 13.2. The molecule has 2 aliphatic rings. The molecule has 27 heavy (non-hydrogen) atoms. The minimum Gasteiger partial charge on any atom is -0.427 e. The summed E-state index contributed by atoms with van der Waals surface area (Å²) >= 11 is 0. The molecule has 1 aromatic carbocycles. The van der Waals surface area contributed by atoms with E-state index < -0.39 is 36.1 Å². The number of benzene rings is 1. The molecule has 11 heteroatoms. The molecule has 0 aliphatic carbocycles. The third kappa shape index (κ3) is 3.67. The van der Waals surface area contributed by atoms with Crippen LogP contribution in [0.5, 0.6) is 5.75 Å². The van der Waals surface area contributed by atoms with E-state index in [2.05, 4.69) is 10.1 Å². The molecule has 3 rings (SSSR count). The second-order valence-corrected chi connectivity index (χ2v) is 6.03. The molecular formula is C16H15F4N3O4. The minimum absolute atomic E-state index is 0.0634. The zero-order valence-electron chi connectivity index (χ0n) is 13.8. The lowest BCUT2D eigenvalue weighted by Crippen LogP contribution is -2.66. The Balaban J connectivity index is 1.81. The Morgan fingerprint density at radius 3 is 2.63 bits per heavy atom. The van der Waals surface area contributed by atoms with Crippen molar-refractivity contribution in [1.82, 2.24) is 15.1 Å². The summed E-state index contributed by atoms with van der Waals surface area (Å²) in [5.74, 6) is -2.17. The Bertz CT molecular complexity index is 774. The Kier molecular flexibility index (Phi) is 4.94. The second-order valence-electron chi connectivity index (χ2n) is 6.03. The van der Waals surface area contributed by atoms with Crippen LogP contribution in [-0.4, -0.2) is 72.3 Å². The number of nitrogens with one attached hydrogen (secondary N) is 1. The van der Waals surface area contributed by atoms with Crippen molar-refractivity contribution >= 4 is 17.7 Å². The van der Waals surface area contributed by atoms with Crippen LogP contribution < -0.4 is 10.1 Å². The first-order chi connectivity index (χ1) is 12.7. The molecule has 1 aromatic rings. The highest BCUT2D eigenvalue weighted by Gasteiger charge is 2.45. The maximum atomic E-state index is 13.2. The van der Waals surface area contributed by atoms with Crippen LogP contribution in [0.2, 0.25) is 0 Å². The average molecular weight is 389 g/mol. The van der Waals surface area contributed by atoms with Crippen LogP contribution in [0.15, 0.2) is 24.3 Å². The van der Waals surface area contributed by atoms with E-state index in [4.69, 9.17) is 0 Å². The molecule has 0 spiro atoms. The third-order valence-corrected chi connectivity index (χ3v) is 4.32. The second kappa shape index (κ2) is 7.05. The minimum atomic E-state index is -4.76. The summed E-state index contributed by atoms with van der Waals surface area (Å²) in [5.41, 5.74) is -0.339. The monoisotopic (exact) mass is 389 g/mol. The molecule has 1 unspecified atom stereocenters. The van der Waals surface area contributed by atoms with Gasteiger partial charge in [-0.2, -0.15) is 17.6 Å². The van der Waals surface area contributed by atoms with Crippen LogP contribution >= 0.6 is 0 Å². The SMILES string of the molecule is O=C1NCC(=O)N2CCN(C(=O)c3ccccc3OC(F)(F)C(F)F)CC12. The van der Waals surface area contributed by atoms with Crippen molar-refractivity contribution in [2.75, 3.05) is 26.2 Å². The van der Waals surface area contributed by atoms with Crippen LogP contribution in [0.3, 0.4) is 0 Å². The van der Waals surface area contributed by atoms with Crippen LogP contribution in [0.4, 0.5) is 17.6 Å². The standard InChI is InChI=1S/C16H15F4N3O4/c17-15(18)16(19,20)27-11-4-2-1-3-9(11)14(26)22-5-6-23-10(8-22)13(25)21-7-12(23)24/h1-4,10,15H,5-8H2,(H,21,25). The number of carbonyl (C=O) groups excluding carboxylic acids is 3. The predicted octanol–water partition coefficient (Wildman–Crippen LogP) is 0.706. The van der Waals surface area contributed by atoms with Gasteiger partial charge in [0.05, 0.1) is 18.7 Å². The number of ether oxygens (including phenoxy) is 1. The van der Waals surface area contributed by atoms with E-state index in [-0.39, 0.29) is 37.6 Å². The fourth-order valence-electron chi connectivity index (χ4n) is 2.97. The van der Waals surface area contributed by atoms with Gasteiger partial charge in [0.25, 0.3) is 5.91 Å². The smallest absolute Gasteiger partial charge is 0.427 e. The molecule has 1 N–H and O–H groups in total. The van der Waals surface area contributed by atoms with E-state index in [0.29, 0.717) is 0 Å². The number of halogens is 4. The molecule has 1 atom stereocenters. The van der Waals surface area contributed by atoms with E-state index in [0.717, 1.165) is 12.1 Å². The van der Waals surface area contributed by atoms with Gasteiger partial charge in [0, 0.05) is 13.1 Å². The molecule has 0 saturated carbocycles. The van der Waals surface area contributed by atoms with Gasteiger partial charge in [-0.15, -0.1) is 0 Å². The van der Waals surface area contributed by atoms with E-state index >= 15 is 0 Å². The number of nitrogens with zero attached hydrogens (tertiary/aromatic N) is 2. The van der Waals surface area contributed by atoms with Crippen molar-refractivity contribution < 1.29 is 36.7 Å². The molecule has 2 fully saturated rings. The van der Waals surface area contributed by atoms with Crippen molar-refractivity contribution in [3.63, 3.8) is 0 Å². The molecule has 0 aromatic heterocycles. The summed E-state index contributed by atoms with van der Waals surface area (Å²) < 4.78 is 55.4. The average Bonchev–Trinajstić information content (AvgIpc) is 2.64. The van der Waals surface area contributed by atoms with Crippen LogP contribution in [0.1, 0.15) is 10.4 Å². The summed E-state index contributed by atoms with van der Waals surface area (Å²) in [5, 5.41) is 2.41. The lowest BCUT2D eigenvalue weighted by molar-refractivity contribution is -0.253. The van der Waals surface area contributed by atoms with Gasteiger partial charge in [-0.05, 0) is 12.1 Å². The van der Waals surface area contributed by atoms with Crippen LogP contribution in [0, 0.1) is 0 Å². The number of hydrogen-bond donors (Lipinski definition) is 1. The van der Waals surface area contributed by atoms with Crippen molar-refractivity contribution in [3.8, 4) is 5.75 Å². The van der Waals surface area contributed by atoms with E-state index in [1.165, 1.54) is 21.9 Å². The van der Waals surface area contributed by atoms with E-state index in [9.17, 15) is 31.9 Å². The normalized spacial score (nSPS) is 20.4. The van der Waals surface area contributed by atoms with Gasteiger partial charge in [0.15, 0.2) is 0 Å². The number of amides is 3. The zero-order chi connectivity index (χ0) is 19.8. The fourth-order valence-corrected chi connectivity index (χ4v) is 2.97. The number of rotatable bonds is 4. The summed E-state index contributed by atoms with van der Waals surface area (Å²) in [6.07, 6.45) is -8.83. The molecule has 146 valence electrons. The lowest BCUT2D eigenvalue weighted by Gasteiger charge is -2.43. The largest absolute Gasteiger partial charge is 0.461 e. The predicted molar refractivity (Wildman–Crippen MR) is 82.4 cm³/mol. The highest BCUT2D eigenvalue weighted by atomic mass is 19.3. The van der Waals surface area contributed by atoms with Gasteiger partial charge in [-0.3, -0.25) is 14.4 Å². The summed E-state index contributed by atoms with van der Waals surface area (Å²) in [6.45, 7) is -0.106. The van der Waals surface area contributed by atoms with Crippen LogP contribution in [0.25, 0.3) is 0 Å². The van der Waals surface area contributed by atoms with Crippen molar-refractivity contribution in [1.29, 1.82) is 0 Å². The quantitative estimate of drug-likeness (QED) is 0.770. The molecule has 0 bridgehead atoms. The van der Waals surface area contributed by atoms with Gasteiger partial charge in [0.2, 0.25) is 11.8 Å². The number of piperazine rings is 2. The van der Waals surface area contributed by atoms with Gasteiger partial charge in [0.1, 0.15) is 11.8 Å². The first-order valence-corrected chi connectivity index (χ1v) is 8.01. The van der Waals surface area contributed by atoms with Crippen molar-refractivity contribution in [2.24, 2.45) is 0 Å². The van der Waals surface area contributed by atoms with Gasteiger partial charge >= 0.3 is 12.5 Å². The highest BCUT2D eigenvalue weighted by Crippen LogP contribution is 2.30. The molecule has 2 heterocycles. The highest BCUT2D eigenvalue weighted by molar-refractivity contribution is 5.99. The van der Waals surface area contributed by atoms with Gasteiger partial charge < -0.3 is 19.9 Å². The molecule has 7 nitrogen and oxygen atoms in total. The molecule has 3 amide bonds. The first kappa shape index (κ1) is 18.9. The number of fused-ring (bicyclic) bond motifs is 1. The maximum Gasteiger partial charge on any atom is 0.461 e. The number of carbonyl (C=O) groups is 3. The van der Waals surface area contributed by atoms with Crippen LogP contribution in [-0.2, 0) is 9.59 Å². The fraction of sp³-hybridized carbons (Fsp3) is 0.438. The Morgan fingerprint density at radius 2 is 1.93 bits per heavy atom. The van der Waals surface area contributed by atoms with E-state index in [1.807, 2.05) is 0 Å². The molecular weight excluding hydrogens is 374 g/mol. The third-order valence-electron chi connectivity index (χ3n) is 4.32. The Hall–Kier alpha value is -2.85. The summed E-state index contributed by atoms with van der Waals surface area (Å²) in [7, 11) is 0. The Labute approximate surface area is 150 Å². The Morgan fingerprint density at radius 1 is 1.22 bits per heavy atom. The van der Waals surface area contributed by atoms with Gasteiger partial charge in [-0.1, -0.05) is 12.1 Å². The topological polar surface area (TPSA) is 79.0 Å². The lowest BCUT2D eigenvalue weighted by atomic mass is 10.1. The van der Waals surface area contributed by atoms with E-state index in [1.54, 1.807) is 0 Å². The first-order valence-electron chi connectivity index (χ1n) is 8.01. The molecule has 0 radical (unpaired) electrons. The van der Waals surface area contributed by atoms with Crippen molar-refractivity contribution in [3.05, 3.63) is 29.8 Å². The molecule has 2 saturated heterocycles. The summed E-state index contributed by atoms with van der Waals surface area (Å²) in [6, 6.07) is 3.89. The number of para-hydroxylation sites is 1. The van der Waals surface area contributed by atoms with Gasteiger partial charge in [-0.25, -0.2) is 0 Å². The number of hydrogen-bond acceptors (Lipinski definition) is 4.